The Hall–Kier alpha value is -2.51. The van der Waals surface area contributed by atoms with Crippen LogP contribution in [0.1, 0.15) is 31.1 Å². The summed E-state index contributed by atoms with van der Waals surface area (Å²) in [6, 6.07) is 0. The number of carboxylic acids is 1. The molecule has 1 aromatic rings. The van der Waals surface area contributed by atoms with Gasteiger partial charge in [0.1, 0.15) is 5.60 Å². The van der Waals surface area contributed by atoms with Crippen LogP contribution in [0.25, 0.3) is 0 Å². The predicted molar refractivity (Wildman–Crippen MR) is 63.9 cm³/mol. The van der Waals surface area contributed by atoms with Gasteiger partial charge in [-0.05, 0) is 20.8 Å². The van der Waals surface area contributed by atoms with Crippen molar-refractivity contribution in [2.75, 3.05) is 5.32 Å². The van der Waals surface area contributed by atoms with Gasteiger partial charge in [-0.15, -0.1) is 0 Å². The van der Waals surface area contributed by atoms with Crippen molar-refractivity contribution in [3.8, 4) is 0 Å². The number of nitrogens with zero attached hydrogens (tertiary/aromatic N) is 2. The van der Waals surface area contributed by atoms with E-state index in [-0.39, 0.29) is 11.5 Å². The molecule has 0 saturated carbocycles. The Labute approximate surface area is 108 Å². The third-order valence-corrected chi connectivity index (χ3v) is 1.72. The van der Waals surface area contributed by atoms with Crippen molar-refractivity contribution in [1.29, 1.82) is 0 Å². The van der Waals surface area contributed by atoms with Gasteiger partial charge < -0.3 is 9.84 Å². The van der Waals surface area contributed by atoms with Gasteiger partial charge in [0.2, 0.25) is 5.95 Å². The molecule has 0 unspecified atom stereocenters. The molecule has 0 aliphatic carbocycles. The van der Waals surface area contributed by atoms with Gasteiger partial charge in [-0.1, -0.05) is 0 Å². The summed E-state index contributed by atoms with van der Waals surface area (Å²) in [6.45, 7) is 5.09. The molecule has 19 heavy (non-hydrogen) atoms. The maximum atomic E-state index is 11.4. The van der Waals surface area contributed by atoms with Gasteiger partial charge in [0.15, 0.2) is 0 Å². The second kappa shape index (κ2) is 5.42. The molecule has 1 aromatic heterocycles. The van der Waals surface area contributed by atoms with Crippen LogP contribution in [0.2, 0.25) is 0 Å². The number of anilines is 1. The van der Waals surface area contributed by atoms with Crippen LogP contribution in [0.3, 0.4) is 0 Å². The number of carbonyl (C=O) groups excluding carboxylic acids is 2. The van der Waals surface area contributed by atoms with Crippen LogP contribution in [0.15, 0.2) is 12.4 Å². The third-order valence-electron chi connectivity index (χ3n) is 1.72. The molecule has 8 heteroatoms. The molecule has 0 atom stereocenters. The minimum atomic E-state index is -1.60. The summed E-state index contributed by atoms with van der Waals surface area (Å²) in [5, 5.41) is 10.7. The van der Waals surface area contributed by atoms with Crippen LogP contribution in [0, 0.1) is 0 Å². The topological polar surface area (TPSA) is 118 Å². The van der Waals surface area contributed by atoms with E-state index in [9.17, 15) is 14.4 Å². The van der Waals surface area contributed by atoms with Crippen LogP contribution in [0.5, 0.6) is 0 Å². The van der Waals surface area contributed by atoms with Crippen molar-refractivity contribution in [2.45, 2.75) is 26.4 Å². The van der Waals surface area contributed by atoms with E-state index in [2.05, 4.69) is 15.3 Å². The number of Topliss-reactive ketones (excluding diaryl/α,β-unsaturated/α-hetero) is 1. The Bertz CT molecular complexity index is 504. The van der Waals surface area contributed by atoms with E-state index in [4.69, 9.17) is 9.84 Å². The van der Waals surface area contributed by atoms with Gasteiger partial charge in [0.25, 0.3) is 5.78 Å². The summed E-state index contributed by atoms with van der Waals surface area (Å²) >= 11 is 0. The summed E-state index contributed by atoms with van der Waals surface area (Å²) in [7, 11) is 0. The molecule has 0 bridgehead atoms. The highest BCUT2D eigenvalue weighted by atomic mass is 16.6. The zero-order valence-corrected chi connectivity index (χ0v) is 10.6. The lowest BCUT2D eigenvalue weighted by molar-refractivity contribution is -0.131. The molecule has 0 fully saturated rings. The number of ether oxygens (including phenoxy) is 1. The van der Waals surface area contributed by atoms with Gasteiger partial charge in [0, 0.05) is 12.4 Å². The summed E-state index contributed by atoms with van der Waals surface area (Å²) in [5.41, 5.74) is -0.842. The van der Waals surface area contributed by atoms with Gasteiger partial charge in [-0.25, -0.2) is 19.6 Å². The molecular formula is C11H13N3O5. The number of nitrogens with one attached hydrogen (secondary N) is 1. The molecular weight excluding hydrogens is 254 g/mol. The number of amides is 1. The summed E-state index contributed by atoms with van der Waals surface area (Å²) < 4.78 is 4.97. The Balaban J connectivity index is 2.70. The van der Waals surface area contributed by atoms with Gasteiger partial charge in [0.05, 0.1) is 5.56 Å². The van der Waals surface area contributed by atoms with Crippen molar-refractivity contribution >= 4 is 23.8 Å². The van der Waals surface area contributed by atoms with E-state index in [0.29, 0.717) is 0 Å². The second-order valence-electron chi connectivity index (χ2n) is 4.56. The average Bonchev–Trinajstić information content (AvgIpc) is 2.26. The van der Waals surface area contributed by atoms with E-state index in [1.54, 1.807) is 20.8 Å². The first kappa shape index (κ1) is 14.6. The molecule has 1 heterocycles. The van der Waals surface area contributed by atoms with Gasteiger partial charge in [-0.3, -0.25) is 10.1 Å². The maximum absolute atomic E-state index is 11.4. The zero-order chi connectivity index (χ0) is 14.6. The molecule has 0 aliphatic rings. The minimum Gasteiger partial charge on any atom is -0.475 e. The van der Waals surface area contributed by atoms with Crippen molar-refractivity contribution in [3.05, 3.63) is 18.0 Å². The molecule has 0 saturated heterocycles. The molecule has 0 spiro atoms. The quantitative estimate of drug-likeness (QED) is 0.621. The Morgan fingerprint density at radius 2 is 1.74 bits per heavy atom. The van der Waals surface area contributed by atoms with Crippen LogP contribution in [0.4, 0.5) is 10.7 Å². The first-order valence-corrected chi connectivity index (χ1v) is 5.29. The van der Waals surface area contributed by atoms with Gasteiger partial charge in [-0.2, -0.15) is 0 Å². The van der Waals surface area contributed by atoms with E-state index in [1.807, 2.05) is 0 Å². The minimum absolute atomic E-state index is 0.0869. The van der Waals surface area contributed by atoms with Crippen molar-refractivity contribution in [2.24, 2.45) is 0 Å². The summed E-state index contributed by atoms with van der Waals surface area (Å²) in [4.78, 5) is 40.2. The number of hydrogen-bond donors (Lipinski definition) is 2. The van der Waals surface area contributed by atoms with Crippen LogP contribution in [-0.2, 0) is 9.53 Å². The lowest BCUT2D eigenvalue weighted by atomic mass is 10.2. The van der Waals surface area contributed by atoms with Crippen LogP contribution < -0.4 is 5.32 Å². The van der Waals surface area contributed by atoms with Gasteiger partial charge >= 0.3 is 12.1 Å². The molecule has 102 valence electrons. The fourth-order valence-electron chi connectivity index (χ4n) is 1.03. The monoisotopic (exact) mass is 267 g/mol. The van der Waals surface area contributed by atoms with Crippen LogP contribution >= 0.6 is 0 Å². The number of hydrogen-bond acceptors (Lipinski definition) is 6. The highest BCUT2D eigenvalue weighted by Gasteiger charge is 2.18. The predicted octanol–water partition coefficient (Wildman–Crippen LogP) is 1.09. The molecule has 2 N–H and O–H groups in total. The Kier molecular flexibility index (Phi) is 4.15. The number of carbonyl (C=O) groups is 3. The highest BCUT2D eigenvalue weighted by molar-refractivity contribution is 6.39. The van der Waals surface area contributed by atoms with E-state index < -0.39 is 23.4 Å². The molecule has 0 radical (unpaired) electrons. The van der Waals surface area contributed by atoms with Crippen LogP contribution in [-0.4, -0.2) is 38.5 Å². The third kappa shape index (κ3) is 4.70. The van der Waals surface area contributed by atoms with E-state index >= 15 is 0 Å². The smallest absolute Gasteiger partial charge is 0.414 e. The molecule has 0 aromatic carbocycles. The SMILES string of the molecule is CC(C)(C)OC(=O)Nc1ncc(C(=O)C(=O)O)cn1. The lowest BCUT2D eigenvalue weighted by Gasteiger charge is -2.19. The molecule has 0 aliphatic heterocycles. The second-order valence-corrected chi connectivity index (χ2v) is 4.56. The fourth-order valence-corrected chi connectivity index (χ4v) is 1.03. The first-order chi connectivity index (χ1) is 8.69. The number of carboxylic acid groups (broad SMARTS) is 1. The van der Waals surface area contributed by atoms with Crippen molar-refractivity contribution in [1.82, 2.24) is 9.97 Å². The Morgan fingerprint density at radius 1 is 1.21 bits per heavy atom. The summed E-state index contributed by atoms with van der Waals surface area (Å²) in [6.07, 6.45) is 1.27. The maximum Gasteiger partial charge on any atom is 0.414 e. The number of aliphatic carboxylic acids is 1. The van der Waals surface area contributed by atoms with Crippen molar-refractivity contribution in [3.63, 3.8) is 0 Å². The van der Waals surface area contributed by atoms with Crippen molar-refractivity contribution < 1.29 is 24.2 Å². The van der Waals surface area contributed by atoms with E-state index in [1.165, 1.54) is 0 Å². The molecule has 1 rings (SSSR count). The number of aromatic nitrogens is 2. The number of ketones is 1. The zero-order valence-electron chi connectivity index (χ0n) is 10.6. The fraction of sp³-hybridized carbons (Fsp3) is 0.364. The normalized spacial score (nSPS) is 10.7. The molecule has 1 amide bonds. The average molecular weight is 267 g/mol. The standard InChI is InChI=1S/C11H13N3O5/c1-11(2,3)19-10(18)14-9-12-4-6(5-13-9)7(15)8(16)17/h4-5H,1-3H3,(H,16,17)(H,12,13,14,18). The highest BCUT2D eigenvalue weighted by Crippen LogP contribution is 2.09. The largest absolute Gasteiger partial charge is 0.475 e. The first-order valence-electron chi connectivity index (χ1n) is 5.29. The summed E-state index contributed by atoms with van der Waals surface area (Å²) in [5.74, 6) is -2.81. The molecule has 8 nitrogen and oxygen atoms in total. The Morgan fingerprint density at radius 3 is 2.16 bits per heavy atom. The number of rotatable bonds is 3. The lowest BCUT2D eigenvalue weighted by Crippen LogP contribution is -2.27. The van der Waals surface area contributed by atoms with E-state index in [0.717, 1.165) is 12.4 Å².